The summed E-state index contributed by atoms with van der Waals surface area (Å²) in [4.78, 5) is 2.51. The van der Waals surface area contributed by atoms with Crippen molar-refractivity contribution in [1.29, 1.82) is 0 Å². The van der Waals surface area contributed by atoms with Crippen LogP contribution in [0.25, 0.3) is 6.08 Å². The van der Waals surface area contributed by atoms with Crippen molar-refractivity contribution in [2.24, 2.45) is 5.92 Å². The molecular formula is C23H27NO3. The summed E-state index contributed by atoms with van der Waals surface area (Å²) in [5, 5.41) is 9.57. The zero-order valence-electron chi connectivity index (χ0n) is 16.0. The number of benzene rings is 2. The first-order valence-corrected chi connectivity index (χ1v) is 9.73. The van der Waals surface area contributed by atoms with Gasteiger partial charge >= 0.3 is 0 Å². The molecule has 0 aromatic heterocycles. The largest absolute Gasteiger partial charge is 0.508 e. The number of hydrogen-bond acceptors (Lipinski definition) is 4. The standard InChI is InChI=1S/C23H27NO3/c1-16-11-12-24(14-16)17(2)15-26-21-7-3-18(4-8-21)22-9-5-19-13-20(25)6-10-23(19)27-22/h3-10,13,16-17,22,25H,11-12,14-15H2,1-2H3. The van der Waals surface area contributed by atoms with E-state index in [2.05, 4.69) is 30.9 Å². The number of ether oxygens (including phenoxy) is 2. The monoisotopic (exact) mass is 365 g/mol. The predicted molar refractivity (Wildman–Crippen MR) is 107 cm³/mol. The molecule has 2 aliphatic rings. The Hall–Kier alpha value is -2.46. The van der Waals surface area contributed by atoms with Gasteiger partial charge < -0.3 is 14.6 Å². The SMILES string of the molecule is CC1CCN(C(C)COc2ccc(C3C=Cc4cc(O)ccc4O3)cc2)C1. The van der Waals surface area contributed by atoms with E-state index in [4.69, 9.17) is 9.47 Å². The molecule has 0 bridgehead atoms. The Kier molecular flexibility index (Phi) is 5.08. The number of aromatic hydroxyl groups is 1. The average Bonchev–Trinajstić information content (AvgIpc) is 3.12. The number of hydrogen-bond donors (Lipinski definition) is 1. The molecule has 4 heteroatoms. The number of phenolic OH excluding ortho intramolecular Hbond substituents is 1. The van der Waals surface area contributed by atoms with Gasteiger partial charge in [0.2, 0.25) is 0 Å². The van der Waals surface area contributed by atoms with Crippen LogP contribution in [-0.4, -0.2) is 35.7 Å². The molecule has 1 N–H and O–H groups in total. The summed E-state index contributed by atoms with van der Waals surface area (Å²) in [6.45, 7) is 7.61. The highest BCUT2D eigenvalue weighted by atomic mass is 16.5. The molecule has 3 unspecified atom stereocenters. The molecule has 0 saturated carbocycles. The van der Waals surface area contributed by atoms with E-state index in [0.717, 1.165) is 28.5 Å². The maximum atomic E-state index is 9.57. The molecule has 2 aliphatic heterocycles. The van der Waals surface area contributed by atoms with E-state index in [1.165, 1.54) is 19.5 Å². The minimum absolute atomic E-state index is 0.124. The lowest BCUT2D eigenvalue weighted by Gasteiger charge is -2.24. The Labute approximate surface area is 161 Å². The molecule has 4 nitrogen and oxygen atoms in total. The zero-order valence-corrected chi connectivity index (χ0v) is 16.0. The van der Waals surface area contributed by atoms with Crippen LogP contribution in [-0.2, 0) is 0 Å². The summed E-state index contributed by atoms with van der Waals surface area (Å²) in [5.74, 6) is 2.72. The van der Waals surface area contributed by atoms with Gasteiger partial charge in [-0.15, -0.1) is 0 Å². The maximum absolute atomic E-state index is 9.57. The molecule has 1 saturated heterocycles. The van der Waals surface area contributed by atoms with Crippen molar-refractivity contribution in [3.8, 4) is 17.2 Å². The zero-order chi connectivity index (χ0) is 18.8. The minimum atomic E-state index is -0.124. The molecule has 142 valence electrons. The van der Waals surface area contributed by atoms with Crippen molar-refractivity contribution in [1.82, 2.24) is 4.90 Å². The number of fused-ring (bicyclic) bond motifs is 1. The van der Waals surface area contributed by atoms with E-state index in [0.29, 0.717) is 12.6 Å². The van der Waals surface area contributed by atoms with Gasteiger partial charge in [-0.3, -0.25) is 4.90 Å². The van der Waals surface area contributed by atoms with Gasteiger partial charge in [0.15, 0.2) is 0 Å². The highest BCUT2D eigenvalue weighted by Gasteiger charge is 2.23. The molecule has 0 aliphatic carbocycles. The number of likely N-dealkylation sites (tertiary alicyclic amines) is 1. The first-order chi connectivity index (χ1) is 13.1. The second-order valence-corrected chi connectivity index (χ2v) is 7.74. The van der Waals surface area contributed by atoms with Gasteiger partial charge in [0.25, 0.3) is 0 Å². The lowest BCUT2D eigenvalue weighted by Crippen LogP contribution is -2.35. The van der Waals surface area contributed by atoms with Crippen LogP contribution >= 0.6 is 0 Å². The Morgan fingerprint density at radius 1 is 1.22 bits per heavy atom. The topological polar surface area (TPSA) is 41.9 Å². The fraction of sp³-hybridized carbons (Fsp3) is 0.391. The minimum Gasteiger partial charge on any atom is -0.508 e. The third-order valence-electron chi connectivity index (χ3n) is 5.48. The van der Waals surface area contributed by atoms with E-state index in [9.17, 15) is 5.11 Å². The average molecular weight is 365 g/mol. The van der Waals surface area contributed by atoms with Crippen molar-refractivity contribution >= 4 is 6.08 Å². The lowest BCUT2D eigenvalue weighted by atomic mass is 10.0. The molecule has 27 heavy (non-hydrogen) atoms. The van der Waals surface area contributed by atoms with Gasteiger partial charge in [-0.05, 0) is 67.8 Å². The van der Waals surface area contributed by atoms with E-state index in [-0.39, 0.29) is 11.9 Å². The third-order valence-corrected chi connectivity index (χ3v) is 5.48. The number of nitrogens with zero attached hydrogens (tertiary/aromatic N) is 1. The molecule has 4 rings (SSSR count). The molecule has 0 amide bonds. The van der Waals surface area contributed by atoms with Crippen LogP contribution in [0.2, 0.25) is 0 Å². The molecule has 3 atom stereocenters. The van der Waals surface area contributed by atoms with Crippen molar-refractivity contribution in [3.63, 3.8) is 0 Å². The summed E-state index contributed by atoms with van der Waals surface area (Å²) < 4.78 is 12.0. The van der Waals surface area contributed by atoms with Crippen LogP contribution in [0.3, 0.4) is 0 Å². The number of phenols is 1. The van der Waals surface area contributed by atoms with Crippen LogP contribution < -0.4 is 9.47 Å². The summed E-state index contributed by atoms with van der Waals surface area (Å²) >= 11 is 0. The summed E-state index contributed by atoms with van der Waals surface area (Å²) in [5.41, 5.74) is 1.98. The third kappa shape index (κ3) is 4.11. The summed E-state index contributed by atoms with van der Waals surface area (Å²) in [6.07, 6.45) is 5.17. The number of rotatable bonds is 5. The Morgan fingerprint density at radius 3 is 2.78 bits per heavy atom. The molecule has 0 radical (unpaired) electrons. The van der Waals surface area contributed by atoms with Crippen molar-refractivity contribution in [2.75, 3.05) is 19.7 Å². The van der Waals surface area contributed by atoms with Gasteiger partial charge in [-0.2, -0.15) is 0 Å². The Morgan fingerprint density at radius 2 is 2.04 bits per heavy atom. The van der Waals surface area contributed by atoms with Gasteiger partial charge in [0.05, 0.1) is 0 Å². The second kappa shape index (κ2) is 7.65. The smallest absolute Gasteiger partial charge is 0.142 e. The highest BCUT2D eigenvalue weighted by Crippen LogP contribution is 2.34. The first kappa shape index (κ1) is 17.9. The van der Waals surface area contributed by atoms with E-state index < -0.39 is 0 Å². The van der Waals surface area contributed by atoms with Crippen LogP contribution in [0.1, 0.15) is 37.5 Å². The van der Waals surface area contributed by atoms with Crippen molar-refractivity contribution in [2.45, 2.75) is 32.4 Å². The Balaban J connectivity index is 1.35. The second-order valence-electron chi connectivity index (χ2n) is 7.74. The summed E-state index contributed by atoms with van der Waals surface area (Å²) in [7, 11) is 0. The molecule has 2 heterocycles. The van der Waals surface area contributed by atoms with Gasteiger partial charge in [0.1, 0.15) is 30.0 Å². The molecule has 2 aromatic carbocycles. The van der Waals surface area contributed by atoms with Gasteiger partial charge in [-0.1, -0.05) is 25.1 Å². The highest BCUT2D eigenvalue weighted by molar-refractivity contribution is 5.62. The van der Waals surface area contributed by atoms with Crippen LogP contribution in [0.5, 0.6) is 17.2 Å². The predicted octanol–water partition coefficient (Wildman–Crippen LogP) is 4.65. The van der Waals surface area contributed by atoms with E-state index in [1.807, 2.05) is 24.3 Å². The van der Waals surface area contributed by atoms with Gasteiger partial charge in [0, 0.05) is 18.2 Å². The Bertz CT molecular complexity index is 815. The summed E-state index contributed by atoms with van der Waals surface area (Å²) in [6, 6.07) is 13.7. The molecular weight excluding hydrogens is 338 g/mol. The first-order valence-electron chi connectivity index (χ1n) is 9.73. The molecule has 1 fully saturated rings. The van der Waals surface area contributed by atoms with Crippen molar-refractivity contribution < 1.29 is 14.6 Å². The van der Waals surface area contributed by atoms with E-state index >= 15 is 0 Å². The van der Waals surface area contributed by atoms with Gasteiger partial charge in [-0.25, -0.2) is 0 Å². The lowest BCUT2D eigenvalue weighted by molar-refractivity contribution is 0.169. The molecule has 2 aromatic rings. The van der Waals surface area contributed by atoms with Crippen LogP contribution in [0.4, 0.5) is 0 Å². The van der Waals surface area contributed by atoms with E-state index in [1.54, 1.807) is 18.2 Å². The van der Waals surface area contributed by atoms with Crippen LogP contribution in [0, 0.1) is 5.92 Å². The molecule has 0 spiro atoms. The maximum Gasteiger partial charge on any atom is 0.142 e. The fourth-order valence-corrected chi connectivity index (χ4v) is 3.77. The quantitative estimate of drug-likeness (QED) is 0.838. The van der Waals surface area contributed by atoms with Crippen LogP contribution in [0.15, 0.2) is 48.5 Å². The van der Waals surface area contributed by atoms with Crippen molar-refractivity contribution in [3.05, 3.63) is 59.7 Å². The fourth-order valence-electron chi connectivity index (χ4n) is 3.77. The normalized spacial score (nSPS) is 22.9.